The number of halogens is 2. The third kappa shape index (κ3) is 8.91. The Hall–Kier alpha value is -0.360. The van der Waals surface area contributed by atoms with Gasteiger partial charge in [-0.1, -0.05) is 13.8 Å². The van der Waals surface area contributed by atoms with Crippen LogP contribution in [0.3, 0.4) is 0 Å². The largest absolute Gasteiger partial charge is 0.349 e. The molecule has 1 amide bonds. The summed E-state index contributed by atoms with van der Waals surface area (Å²) < 4.78 is 25.3. The van der Waals surface area contributed by atoms with E-state index in [1.54, 1.807) is 0 Å². The van der Waals surface area contributed by atoms with E-state index < -0.39 is 19.0 Å². The molecule has 0 fully saturated rings. The van der Waals surface area contributed by atoms with Crippen LogP contribution in [0.1, 0.15) is 20.3 Å². The summed E-state index contributed by atoms with van der Waals surface area (Å²) in [7, 11) is 0. The molecular formula is C10H20F2N2OS. The Labute approximate surface area is 99.5 Å². The molecule has 16 heavy (non-hydrogen) atoms. The molecule has 3 nitrogen and oxygen atoms in total. The van der Waals surface area contributed by atoms with Gasteiger partial charge in [-0.2, -0.15) is 11.8 Å². The fraction of sp³-hybridized carbons (Fsp3) is 0.900. The van der Waals surface area contributed by atoms with Gasteiger partial charge in [-0.25, -0.2) is 8.78 Å². The molecule has 0 saturated heterocycles. The predicted molar refractivity (Wildman–Crippen MR) is 63.8 cm³/mol. The van der Waals surface area contributed by atoms with Gasteiger partial charge >= 0.3 is 0 Å². The van der Waals surface area contributed by atoms with Crippen molar-refractivity contribution in [1.29, 1.82) is 0 Å². The van der Waals surface area contributed by atoms with Gasteiger partial charge in [0.25, 0.3) is 5.92 Å². The van der Waals surface area contributed by atoms with Crippen LogP contribution in [0.4, 0.5) is 8.78 Å². The van der Waals surface area contributed by atoms with Gasteiger partial charge in [-0.3, -0.25) is 4.79 Å². The van der Waals surface area contributed by atoms with Crippen molar-refractivity contribution in [3.8, 4) is 0 Å². The van der Waals surface area contributed by atoms with Gasteiger partial charge in [0.05, 0.1) is 18.8 Å². The number of carbonyl (C=O) groups is 1. The highest BCUT2D eigenvalue weighted by Gasteiger charge is 2.26. The Morgan fingerprint density at radius 3 is 2.62 bits per heavy atom. The van der Waals surface area contributed by atoms with Crippen molar-refractivity contribution in [1.82, 2.24) is 5.32 Å². The number of amides is 1. The molecule has 0 aromatic heterocycles. The van der Waals surface area contributed by atoms with E-state index in [4.69, 9.17) is 5.73 Å². The molecule has 96 valence electrons. The van der Waals surface area contributed by atoms with Crippen molar-refractivity contribution in [2.24, 2.45) is 11.7 Å². The Kier molecular flexibility index (Phi) is 7.66. The molecule has 6 heteroatoms. The lowest BCUT2D eigenvalue weighted by atomic mass is 10.2. The van der Waals surface area contributed by atoms with E-state index in [0.717, 1.165) is 12.2 Å². The topological polar surface area (TPSA) is 55.1 Å². The minimum atomic E-state index is -3.00. The molecule has 0 unspecified atom stereocenters. The Bertz CT molecular complexity index is 213. The van der Waals surface area contributed by atoms with Crippen LogP contribution in [0.15, 0.2) is 0 Å². The second-order valence-corrected chi connectivity index (χ2v) is 5.18. The normalized spacial score (nSPS) is 11.9. The maximum Gasteiger partial charge on any atom is 0.277 e. The maximum atomic E-state index is 12.7. The first-order chi connectivity index (χ1) is 7.37. The molecule has 0 aromatic carbocycles. The molecular weight excluding hydrogens is 234 g/mol. The number of thioether (sulfide) groups is 1. The number of hydrogen-bond donors (Lipinski definition) is 2. The number of nitrogens with one attached hydrogen (secondary N) is 1. The highest BCUT2D eigenvalue weighted by atomic mass is 32.2. The molecule has 0 rings (SSSR count). The van der Waals surface area contributed by atoms with Gasteiger partial charge in [-0.05, 0) is 18.1 Å². The van der Waals surface area contributed by atoms with Crippen molar-refractivity contribution in [3.05, 3.63) is 0 Å². The minimum Gasteiger partial charge on any atom is -0.349 e. The number of nitrogens with two attached hydrogens (primary N) is 1. The molecule has 0 spiro atoms. The summed E-state index contributed by atoms with van der Waals surface area (Å²) in [6.07, 6.45) is 1.02. The summed E-state index contributed by atoms with van der Waals surface area (Å²) in [5.41, 5.74) is 4.84. The van der Waals surface area contributed by atoms with Crippen LogP contribution in [0, 0.1) is 5.92 Å². The van der Waals surface area contributed by atoms with Gasteiger partial charge in [0, 0.05) is 0 Å². The van der Waals surface area contributed by atoms with Crippen LogP contribution in [-0.2, 0) is 4.79 Å². The third-order valence-electron chi connectivity index (χ3n) is 1.92. The smallest absolute Gasteiger partial charge is 0.277 e. The van der Waals surface area contributed by atoms with Crippen LogP contribution < -0.4 is 11.1 Å². The highest BCUT2D eigenvalue weighted by molar-refractivity contribution is 7.99. The molecule has 0 aliphatic heterocycles. The van der Waals surface area contributed by atoms with Crippen molar-refractivity contribution in [3.63, 3.8) is 0 Å². The van der Waals surface area contributed by atoms with E-state index in [9.17, 15) is 13.6 Å². The average Bonchev–Trinajstić information content (AvgIpc) is 2.21. The first-order valence-corrected chi connectivity index (χ1v) is 6.45. The molecule has 0 heterocycles. The quantitative estimate of drug-likeness (QED) is 0.645. The number of hydrogen-bond acceptors (Lipinski definition) is 3. The standard InChI is InChI=1S/C10H20F2N2OS/c1-8(2)3-4-16-5-9(15)14-7-10(11,12)6-13/h8H,3-7,13H2,1-2H3,(H,14,15). The summed E-state index contributed by atoms with van der Waals surface area (Å²) in [5, 5.41) is 2.17. The highest BCUT2D eigenvalue weighted by Crippen LogP contribution is 2.10. The zero-order chi connectivity index (χ0) is 12.6. The van der Waals surface area contributed by atoms with Crippen molar-refractivity contribution < 1.29 is 13.6 Å². The van der Waals surface area contributed by atoms with Crippen LogP contribution in [0.25, 0.3) is 0 Å². The first-order valence-electron chi connectivity index (χ1n) is 5.29. The van der Waals surface area contributed by atoms with Crippen LogP contribution in [0.5, 0.6) is 0 Å². The SMILES string of the molecule is CC(C)CCSCC(=O)NCC(F)(F)CN. The van der Waals surface area contributed by atoms with Crippen LogP contribution in [0.2, 0.25) is 0 Å². The molecule has 0 aromatic rings. The van der Waals surface area contributed by atoms with Crippen molar-refractivity contribution >= 4 is 17.7 Å². The monoisotopic (exact) mass is 254 g/mol. The number of rotatable bonds is 8. The van der Waals surface area contributed by atoms with Crippen molar-refractivity contribution in [2.75, 3.05) is 24.6 Å². The zero-order valence-electron chi connectivity index (χ0n) is 9.76. The number of alkyl halides is 2. The fourth-order valence-electron chi connectivity index (χ4n) is 0.835. The van der Waals surface area contributed by atoms with Gasteiger partial charge < -0.3 is 11.1 Å². The second-order valence-electron chi connectivity index (χ2n) is 4.07. The molecule has 0 radical (unpaired) electrons. The lowest BCUT2D eigenvalue weighted by Crippen LogP contribution is -2.42. The third-order valence-corrected chi connectivity index (χ3v) is 2.91. The Balaban J connectivity index is 3.52. The number of carbonyl (C=O) groups excluding carboxylic acids is 1. The van der Waals surface area contributed by atoms with E-state index >= 15 is 0 Å². The molecule has 3 N–H and O–H groups in total. The molecule has 0 atom stereocenters. The second kappa shape index (κ2) is 7.84. The fourth-order valence-corrected chi connectivity index (χ4v) is 1.90. The van der Waals surface area contributed by atoms with Crippen LogP contribution in [-0.4, -0.2) is 36.4 Å². The minimum absolute atomic E-state index is 0.230. The van der Waals surface area contributed by atoms with E-state index in [0.29, 0.717) is 5.92 Å². The van der Waals surface area contributed by atoms with Crippen LogP contribution >= 0.6 is 11.8 Å². The van der Waals surface area contributed by atoms with Crippen molar-refractivity contribution in [2.45, 2.75) is 26.2 Å². The summed E-state index contributed by atoms with van der Waals surface area (Å²) in [6.45, 7) is 2.78. The average molecular weight is 254 g/mol. The zero-order valence-corrected chi connectivity index (χ0v) is 10.6. The lowest BCUT2D eigenvalue weighted by Gasteiger charge is -2.14. The Morgan fingerprint density at radius 1 is 1.50 bits per heavy atom. The first kappa shape index (κ1) is 15.6. The summed E-state index contributed by atoms with van der Waals surface area (Å²) in [4.78, 5) is 11.1. The van der Waals surface area contributed by atoms with E-state index in [1.165, 1.54) is 11.8 Å². The van der Waals surface area contributed by atoms with E-state index in [1.807, 2.05) is 0 Å². The van der Waals surface area contributed by atoms with Gasteiger partial charge in [0.2, 0.25) is 5.91 Å². The molecule has 0 saturated carbocycles. The summed E-state index contributed by atoms with van der Waals surface area (Å²) in [6, 6.07) is 0. The maximum absolute atomic E-state index is 12.7. The predicted octanol–water partition coefficient (Wildman–Crippen LogP) is 1.48. The molecule has 0 bridgehead atoms. The molecule has 0 aliphatic rings. The van der Waals surface area contributed by atoms with E-state index in [-0.39, 0.29) is 11.7 Å². The van der Waals surface area contributed by atoms with Gasteiger partial charge in [-0.15, -0.1) is 0 Å². The summed E-state index contributed by atoms with van der Waals surface area (Å²) in [5.74, 6) is -1.66. The lowest BCUT2D eigenvalue weighted by molar-refractivity contribution is -0.120. The summed E-state index contributed by atoms with van der Waals surface area (Å²) >= 11 is 1.46. The van der Waals surface area contributed by atoms with Gasteiger partial charge in [0.1, 0.15) is 0 Å². The molecule has 0 aliphatic carbocycles. The van der Waals surface area contributed by atoms with Gasteiger partial charge in [0.15, 0.2) is 0 Å². The van der Waals surface area contributed by atoms with E-state index in [2.05, 4.69) is 19.2 Å². The Morgan fingerprint density at radius 2 is 2.12 bits per heavy atom.